The van der Waals surface area contributed by atoms with E-state index in [4.69, 9.17) is 5.11 Å². The molecule has 1 aliphatic rings. The SMILES string of the molecule is O=C(O)CCC(=O)NC(=O)N1CCCSCC1. The molecule has 0 bridgehead atoms. The van der Waals surface area contributed by atoms with Crippen LogP contribution in [0.2, 0.25) is 0 Å². The van der Waals surface area contributed by atoms with Gasteiger partial charge in [-0.15, -0.1) is 0 Å². The van der Waals surface area contributed by atoms with E-state index in [-0.39, 0.29) is 12.8 Å². The second kappa shape index (κ2) is 7.16. The van der Waals surface area contributed by atoms with Gasteiger partial charge in [0.1, 0.15) is 0 Å². The van der Waals surface area contributed by atoms with E-state index in [1.54, 1.807) is 16.7 Å². The number of carboxylic acid groups (broad SMARTS) is 1. The molecule has 1 saturated heterocycles. The lowest BCUT2D eigenvalue weighted by atomic mass is 10.3. The Balaban J connectivity index is 2.31. The van der Waals surface area contributed by atoms with Crippen molar-refractivity contribution in [2.75, 3.05) is 24.6 Å². The molecule has 1 aliphatic heterocycles. The van der Waals surface area contributed by atoms with Crippen LogP contribution in [-0.2, 0) is 9.59 Å². The van der Waals surface area contributed by atoms with Gasteiger partial charge in [-0.05, 0) is 12.2 Å². The number of rotatable bonds is 3. The second-order valence-corrected chi connectivity index (χ2v) is 4.92. The largest absolute Gasteiger partial charge is 0.481 e. The Bertz CT molecular complexity index is 301. The number of carbonyl (C=O) groups is 3. The summed E-state index contributed by atoms with van der Waals surface area (Å²) in [6.45, 7) is 1.27. The first-order chi connectivity index (χ1) is 8.09. The van der Waals surface area contributed by atoms with Crippen molar-refractivity contribution in [2.24, 2.45) is 0 Å². The molecule has 0 spiro atoms. The number of aliphatic carboxylic acids is 1. The van der Waals surface area contributed by atoms with E-state index >= 15 is 0 Å². The summed E-state index contributed by atoms with van der Waals surface area (Å²) in [5.74, 6) is 0.320. The molecule has 17 heavy (non-hydrogen) atoms. The second-order valence-electron chi connectivity index (χ2n) is 3.70. The number of nitrogens with one attached hydrogen (secondary N) is 1. The molecule has 2 N–H and O–H groups in total. The molecule has 0 aliphatic carbocycles. The van der Waals surface area contributed by atoms with E-state index in [1.807, 2.05) is 0 Å². The lowest BCUT2D eigenvalue weighted by Gasteiger charge is -2.19. The van der Waals surface area contributed by atoms with Crippen LogP contribution in [0.1, 0.15) is 19.3 Å². The average Bonchev–Trinajstić information content (AvgIpc) is 2.54. The highest BCUT2D eigenvalue weighted by Gasteiger charge is 2.17. The highest BCUT2D eigenvalue weighted by atomic mass is 32.2. The monoisotopic (exact) mass is 260 g/mol. The third-order valence-electron chi connectivity index (χ3n) is 2.32. The lowest BCUT2D eigenvalue weighted by Crippen LogP contribution is -2.43. The predicted molar refractivity (Wildman–Crippen MR) is 63.9 cm³/mol. The van der Waals surface area contributed by atoms with Gasteiger partial charge in [-0.2, -0.15) is 11.8 Å². The Morgan fingerprint density at radius 2 is 1.94 bits per heavy atom. The molecule has 7 heteroatoms. The lowest BCUT2D eigenvalue weighted by molar-refractivity contribution is -0.138. The number of hydrogen-bond acceptors (Lipinski definition) is 4. The van der Waals surface area contributed by atoms with Gasteiger partial charge in [0.05, 0.1) is 6.42 Å². The summed E-state index contributed by atoms with van der Waals surface area (Å²) in [5, 5.41) is 10.6. The first kappa shape index (κ1) is 13.8. The molecular formula is C10H16N2O4S. The highest BCUT2D eigenvalue weighted by Crippen LogP contribution is 2.09. The van der Waals surface area contributed by atoms with Crippen LogP contribution in [0, 0.1) is 0 Å². The molecule has 3 amide bonds. The van der Waals surface area contributed by atoms with Crippen LogP contribution in [0.15, 0.2) is 0 Å². The summed E-state index contributed by atoms with van der Waals surface area (Å²) < 4.78 is 0. The molecule has 96 valence electrons. The van der Waals surface area contributed by atoms with Crippen LogP contribution >= 0.6 is 11.8 Å². The maximum Gasteiger partial charge on any atom is 0.324 e. The molecule has 0 atom stereocenters. The van der Waals surface area contributed by atoms with Gasteiger partial charge in [-0.25, -0.2) is 4.79 Å². The molecule has 1 heterocycles. The summed E-state index contributed by atoms with van der Waals surface area (Å²) in [6, 6.07) is -0.414. The summed E-state index contributed by atoms with van der Waals surface area (Å²) in [5.41, 5.74) is 0. The van der Waals surface area contributed by atoms with Gasteiger partial charge in [0, 0.05) is 25.3 Å². The number of nitrogens with zero attached hydrogens (tertiary/aromatic N) is 1. The first-order valence-corrected chi connectivity index (χ1v) is 6.63. The standard InChI is InChI=1S/C10H16N2O4S/c13-8(2-3-9(14)15)11-10(16)12-4-1-6-17-7-5-12/h1-7H2,(H,14,15)(H,11,13,16). The zero-order chi connectivity index (χ0) is 12.7. The van der Waals surface area contributed by atoms with Crippen molar-refractivity contribution in [2.45, 2.75) is 19.3 Å². The minimum absolute atomic E-state index is 0.163. The van der Waals surface area contributed by atoms with Gasteiger partial charge >= 0.3 is 12.0 Å². The fourth-order valence-electron chi connectivity index (χ4n) is 1.43. The van der Waals surface area contributed by atoms with Crippen molar-refractivity contribution in [3.8, 4) is 0 Å². The van der Waals surface area contributed by atoms with Crippen molar-refractivity contribution in [3.05, 3.63) is 0 Å². The molecule has 0 aromatic carbocycles. The smallest absolute Gasteiger partial charge is 0.324 e. The van der Waals surface area contributed by atoms with Gasteiger partial charge < -0.3 is 10.0 Å². The first-order valence-electron chi connectivity index (χ1n) is 5.48. The van der Waals surface area contributed by atoms with Gasteiger partial charge in [-0.3, -0.25) is 14.9 Å². The zero-order valence-electron chi connectivity index (χ0n) is 9.48. The quantitative estimate of drug-likeness (QED) is 0.772. The van der Waals surface area contributed by atoms with Crippen LogP contribution in [0.3, 0.4) is 0 Å². The highest BCUT2D eigenvalue weighted by molar-refractivity contribution is 7.99. The Morgan fingerprint density at radius 3 is 2.65 bits per heavy atom. The number of carbonyl (C=O) groups excluding carboxylic acids is 2. The van der Waals surface area contributed by atoms with Gasteiger partial charge in [0.25, 0.3) is 0 Å². The van der Waals surface area contributed by atoms with Crippen LogP contribution in [0.5, 0.6) is 0 Å². The maximum absolute atomic E-state index is 11.6. The van der Waals surface area contributed by atoms with Crippen LogP contribution in [-0.4, -0.2) is 52.5 Å². The average molecular weight is 260 g/mol. The molecule has 0 aromatic heterocycles. The van der Waals surface area contributed by atoms with E-state index in [9.17, 15) is 14.4 Å². The van der Waals surface area contributed by atoms with Gasteiger partial charge in [0.2, 0.25) is 5.91 Å². The fourth-order valence-corrected chi connectivity index (χ4v) is 2.32. The van der Waals surface area contributed by atoms with E-state index in [0.717, 1.165) is 17.9 Å². The Labute approximate surface area is 104 Å². The number of thioether (sulfide) groups is 1. The third kappa shape index (κ3) is 5.58. The van der Waals surface area contributed by atoms with Crippen molar-refractivity contribution < 1.29 is 19.5 Å². The van der Waals surface area contributed by atoms with Crippen LogP contribution in [0.4, 0.5) is 4.79 Å². The minimum atomic E-state index is -1.04. The van der Waals surface area contributed by atoms with E-state index in [0.29, 0.717) is 13.1 Å². The maximum atomic E-state index is 11.6. The minimum Gasteiger partial charge on any atom is -0.481 e. The normalized spacial score (nSPS) is 16.1. The summed E-state index contributed by atoms with van der Waals surface area (Å²) >= 11 is 1.79. The molecule has 0 aromatic rings. The number of hydrogen-bond donors (Lipinski definition) is 2. The Morgan fingerprint density at radius 1 is 1.18 bits per heavy atom. The topological polar surface area (TPSA) is 86.7 Å². The molecule has 0 unspecified atom stereocenters. The molecular weight excluding hydrogens is 244 g/mol. The van der Waals surface area contributed by atoms with Crippen molar-refractivity contribution in [1.29, 1.82) is 0 Å². The molecule has 1 fully saturated rings. The number of imide groups is 1. The fraction of sp³-hybridized carbons (Fsp3) is 0.700. The summed E-state index contributed by atoms with van der Waals surface area (Å²) in [4.78, 5) is 34.8. The molecule has 1 rings (SSSR count). The van der Waals surface area contributed by atoms with Gasteiger partial charge in [-0.1, -0.05) is 0 Å². The van der Waals surface area contributed by atoms with E-state index < -0.39 is 17.9 Å². The Kier molecular flexibility index (Phi) is 5.82. The molecule has 6 nitrogen and oxygen atoms in total. The van der Waals surface area contributed by atoms with E-state index in [1.165, 1.54) is 0 Å². The molecule has 0 saturated carbocycles. The van der Waals surface area contributed by atoms with E-state index in [2.05, 4.69) is 5.32 Å². The molecule has 0 radical (unpaired) electrons. The summed E-state index contributed by atoms with van der Waals surface area (Å²) in [7, 11) is 0. The van der Waals surface area contributed by atoms with Crippen LogP contribution < -0.4 is 5.32 Å². The number of amides is 3. The van der Waals surface area contributed by atoms with Crippen molar-refractivity contribution >= 4 is 29.7 Å². The van der Waals surface area contributed by atoms with Gasteiger partial charge in [0.15, 0.2) is 0 Å². The Hall–Kier alpha value is -1.24. The predicted octanol–water partition coefficient (Wildman–Crippen LogP) is 0.526. The van der Waals surface area contributed by atoms with Crippen molar-refractivity contribution in [3.63, 3.8) is 0 Å². The summed E-state index contributed by atoms with van der Waals surface area (Å²) in [6.07, 6.45) is 0.500. The number of urea groups is 1. The third-order valence-corrected chi connectivity index (χ3v) is 3.37. The van der Waals surface area contributed by atoms with Crippen LogP contribution in [0.25, 0.3) is 0 Å². The van der Waals surface area contributed by atoms with Crippen molar-refractivity contribution in [1.82, 2.24) is 10.2 Å². The zero-order valence-corrected chi connectivity index (χ0v) is 10.3. The number of carboxylic acids is 1.